The highest BCUT2D eigenvalue weighted by atomic mass is 19.4. The number of carbonyl (C=O) groups is 1. The van der Waals surface area contributed by atoms with Crippen LogP contribution in [0.2, 0.25) is 0 Å². The molecule has 0 atom stereocenters. The summed E-state index contributed by atoms with van der Waals surface area (Å²) < 4.78 is 102. The third kappa shape index (κ3) is 10.3. The standard InChI is InChI=1S/C27H32F7N5O3.C2H6/c1-37(21-4-2-20(28)3-5-21)25(41)42-24-22(14-19(26(29,30)31)15-23(24)27(32,33)34)18(16-35)17-36-6-7-38-8-10-39(11-9-38)12-13-40;1-2/h2,4,14-17,40H,3,5-13,35H2,1H3;1-2H3/b18-16+,36-17?;. The Kier molecular flexibility index (Phi) is 13.9. The molecule has 3 rings (SSSR count). The van der Waals surface area contributed by atoms with Gasteiger partial charge in [-0.2, -0.15) is 26.3 Å². The van der Waals surface area contributed by atoms with Crippen molar-refractivity contribution in [2.45, 2.75) is 39.0 Å². The fourth-order valence-electron chi connectivity index (χ4n) is 4.42. The van der Waals surface area contributed by atoms with Gasteiger partial charge in [-0.05, 0) is 30.7 Å². The van der Waals surface area contributed by atoms with E-state index in [1.54, 1.807) is 0 Å². The van der Waals surface area contributed by atoms with Crippen molar-refractivity contribution in [1.82, 2.24) is 14.7 Å². The van der Waals surface area contributed by atoms with Crippen LogP contribution in [0.5, 0.6) is 5.75 Å². The first kappa shape index (κ1) is 36.8. The Bertz CT molecular complexity index is 1230. The molecule has 1 aromatic rings. The molecule has 246 valence electrons. The first-order valence-electron chi connectivity index (χ1n) is 14.1. The smallest absolute Gasteiger partial charge is 0.409 e. The molecule has 0 radical (unpaired) electrons. The monoisotopic (exact) mass is 637 g/mol. The molecule has 1 aliphatic heterocycles. The summed E-state index contributed by atoms with van der Waals surface area (Å²) in [7, 11) is 1.19. The predicted octanol–water partition coefficient (Wildman–Crippen LogP) is 5.69. The molecule has 0 saturated carbocycles. The molecule has 2 aliphatic rings. The number of ether oxygens (including phenoxy) is 1. The van der Waals surface area contributed by atoms with Crippen LogP contribution in [0.3, 0.4) is 0 Å². The van der Waals surface area contributed by atoms with Gasteiger partial charge in [0.15, 0.2) is 5.75 Å². The minimum atomic E-state index is -5.34. The van der Waals surface area contributed by atoms with E-state index in [9.17, 15) is 35.5 Å². The number of β-amino-alcohol motifs (C(OH)–C–C–N with tert-alkyl or cyclic N) is 1. The zero-order valence-electron chi connectivity index (χ0n) is 24.8. The second kappa shape index (κ2) is 16.6. The normalized spacial score (nSPS) is 17.1. The number of benzene rings is 1. The minimum Gasteiger partial charge on any atom is -0.409 e. The lowest BCUT2D eigenvalue weighted by Crippen LogP contribution is -2.47. The number of alkyl halides is 6. The number of halogens is 7. The van der Waals surface area contributed by atoms with Crippen molar-refractivity contribution in [2.75, 3.05) is 59.5 Å². The number of amides is 1. The van der Waals surface area contributed by atoms with E-state index in [0.29, 0.717) is 32.2 Å². The molecule has 1 saturated heterocycles. The van der Waals surface area contributed by atoms with Crippen molar-refractivity contribution < 1.29 is 45.4 Å². The zero-order valence-corrected chi connectivity index (χ0v) is 24.8. The first-order chi connectivity index (χ1) is 20.7. The van der Waals surface area contributed by atoms with Gasteiger partial charge >= 0.3 is 18.4 Å². The second-order valence-corrected chi connectivity index (χ2v) is 9.66. The third-order valence-electron chi connectivity index (χ3n) is 6.84. The molecule has 8 nitrogen and oxygen atoms in total. The highest BCUT2D eigenvalue weighted by molar-refractivity contribution is 6.11. The third-order valence-corrected chi connectivity index (χ3v) is 6.84. The Balaban J connectivity index is 0.00000330. The lowest BCUT2D eigenvalue weighted by molar-refractivity contribution is -0.143. The van der Waals surface area contributed by atoms with Gasteiger partial charge in [0.25, 0.3) is 0 Å². The Morgan fingerprint density at radius 1 is 1.02 bits per heavy atom. The number of piperazine rings is 1. The number of hydrogen-bond acceptors (Lipinski definition) is 7. The zero-order chi connectivity index (χ0) is 33.1. The van der Waals surface area contributed by atoms with Gasteiger partial charge in [-0.25, -0.2) is 9.18 Å². The van der Waals surface area contributed by atoms with Crippen LogP contribution >= 0.6 is 0 Å². The van der Waals surface area contributed by atoms with Crippen molar-refractivity contribution in [1.29, 1.82) is 0 Å². The van der Waals surface area contributed by atoms with Gasteiger partial charge in [0.1, 0.15) is 5.83 Å². The Hall–Kier alpha value is -3.43. The molecule has 1 heterocycles. The number of nitrogens with two attached hydrogens (primary N) is 1. The maximum absolute atomic E-state index is 14.1. The maximum Gasteiger partial charge on any atom is 0.420 e. The van der Waals surface area contributed by atoms with E-state index >= 15 is 0 Å². The van der Waals surface area contributed by atoms with Gasteiger partial charge in [0.05, 0.1) is 24.3 Å². The molecule has 0 spiro atoms. The largest absolute Gasteiger partial charge is 0.420 e. The quantitative estimate of drug-likeness (QED) is 0.267. The van der Waals surface area contributed by atoms with Crippen LogP contribution in [0.15, 0.2) is 47.0 Å². The van der Waals surface area contributed by atoms with Crippen LogP contribution in [0.1, 0.15) is 43.4 Å². The number of aliphatic imine (C=N–C) groups is 1. The average molecular weight is 638 g/mol. The van der Waals surface area contributed by atoms with Crippen molar-refractivity contribution in [2.24, 2.45) is 10.7 Å². The van der Waals surface area contributed by atoms with Crippen LogP contribution in [0.25, 0.3) is 5.57 Å². The van der Waals surface area contributed by atoms with Crippen LogP contribution in [0, 0.1) is 0 Å². The summed E-state index contributed by atoms with van der Waals surface area (Å²) in [6.07, 6.45) is -7.65. The van der Waals surface area contributed by atoms with Crippen LogP contribution in [0.4, 0.5) is 35.5 Å². The van der Waals surface area contributed by atoms with E-state index in [1.165, 1.54) is 13.1 Å². The van der Waals surface area contributed by atoms with Gasteiger partial charge < -0.3 is 15.6 Å². The molecule has 3 N–H and O–H groups in total. The van der Waals surface area contributed by atoms with Crippen molar-refractivity contribution in [3.63, 3.8) is 0 Å². The van der Waals surface area contributed by atoms with Crippen LogP contribution in [-0.2, 0) is 12.4 Å². The lowest BCUT2D eigenvalue weighted by atomic mass is 9.98. The van der Waals surface area contributed by atoms with Gasteiger partial charge in [0, 0.05) is 82.0 Å². The van der Waals surface area contributed by atoms with Crippen molar-refractivity contribution in [3.8, 4) is 5.75 Å². The topological polar surface area (TPSA) is 94.6 Å². The van der Waals surface area contributed by atoms with Gasteiger partial charge in [-0.1, -0.05) is 13.8 Å². The molecule has 1 aliphatic carbocycles. The van der Waals surface area contributed by atoms with E-state index in [2.05, 4.69) is 14.8 Å². The molecule has 0 unspecified atom stereocenters. The number of nitrogens with zero attached hydrogens (tertiary/aromatic N) is 4. The summed E-state index contributed by atoms with van der Waals surface area (Å²) >= 11 is 0. The molecule has 1 amide bonds. The average Bonchev–Trinajstić information content (AvgIpc) is 2.98. The number of hydrogen-bond donors (Lipinski definition) is 2. The highest BCUT2D eigenvalue weighted by Gasteiger charge is 2.41. The van der Waals surface area contributed by atoms with Crippen LogP contribution < -0.4 is 10.5 Å². The highest BCUT2D eigenvalue weighted by Crippen LogP contribution is 2.44. The van der Waals surface area contributed by atoms with E-state index in [1.807, 2.05) is 13.8 Å². The number of rotatable bonds is 9. The SMILES string of the molecule is CC.CN(C(=O)Oc1c(/C(C=NCCN2CCN(CCO)CC2)=C/N)cc(C(F)(F)F)cc1C(F)(F)F)C1=CC=C(F)CC1. The number of carbonyl (C=O) groups excluding carboxylic acids is 1. The summed E-state index contributed by atoms with van der Waals surface area (Å²) in [6.45, 7) is 8.10. The fraction of sp³-hybridized carbons (Fsp3) is 0.517. The fourth-order valence-corrected chi connectivity index (χ4v) is 4.42. The van der Waals surface area contributed by atoms with E-state index in [4.69, 9.17) is 15.6 Å². The number of aliphatic hydroxyl groups is 1. The Labute approximate surface area is 251 Å². The van der Waals surface area contributed by atoms with E-state index < -0.39 is 46.7 Å². The van der Waals surface area contributed by atoms with Gasteiger partial charge in [0.2, 0.25) is 0 Å². The molecule has 1 fully saturated rings. The van der Waals surface area contributed by atoms with Gasteiger partial charge in [-0.15, -0.1) is 0 Å². The summed E-state index contributed by atoms with van der Waals surface area (Å²) in [5, 5.41) is 9.05. The molecular formula is C29H38F7N5O3. The summed E-state index contributed by atoms with van der Waals surface area (Å²) in [5.74, 6) is -1.63. The first-order valence-corrected chi connectivity index (χ1v) is 14.1. The van der Waals surface area contributed by atoms with Crippen molar-refractivity contribution in [3.05, 3.63) is 58.7 Å². The molecule has 15 heteroatoms. The molecule has 0 aromatic heterocycles. The Morgan fingerprint density at radius 3 is 2.14 bits per heavy atom. The molecule has 44 heavy (non-hydrogen) atoms. The predicted molar refractivity (Wildman–Crippen MR) is 154 cm³/mol. The van der Waals surface area contributed by atoms with Gasteiger partial charge in [-0.3, -0.25) is 19.7 Å². The Morgan fingerprint density at radius 2 is 1.64 bits per heavy atom. The minimum absolute atomic E-state index is 0.0440. The van der Waals surface area contributed by atoms with E-state index in [-0.39, 0.29) is 43.3 Å². The van der Waals surface area contributed by atoms with Crippen molar-refractivity contribution >= 4 is 17.9 Å². The molecule has 1 aromatic carbocycles. The molecular weight excluding hydrogens is 599 g/mol. The summed E-state index contributed by atoms with van der Waals surface area (Å²) in [5.41, 5.74) is 1.35. The van der Waals surface area contributed by atoms with E-state index in [0.717, 1.165) is 36.5 Å². The number of allylic oxidation sites excluding steroid dienone is 5. The second-order valence-electron chi connectivity index (χ2n) is 9.66. The number of aliphatic hydroxyl groups excluding tert-OH is 1. The lowest BCUT2D eigenvalue weighted by Gasteiger charge is -2.33. The van der Waals surface area contributed by atoms with Crippen LogP contribution in [-0.4, -0.2) is 91.6 Å². The molecule has 0 bridgehead atoms. The summed E-state index contributed by atoms with van der Waals surface area (Å²) in [4.78, 5) is 22.0. The maximum atomic E-state index is 14.1. The summed E-state index contributed by atoms with van der Waals surface area (Å²) in [6, 6.07) is 0.284.